The average Bonchev–Trinajstić information content (AvgIpc) is 2.61. The van der Waals surface area contributed by atoms with Crippen molar-refractivity contribution in [2.45, 2.75) is 19.2 Å². The summed E-state index contributed by atoms with van der Waals surface area (Å²) in [7, 11) is 1.79. The molecule has 0 spiro atoms. The van der Waals surface area contributed by atoms with E-state index in [-0.39, 0.29) is 18.9 Å². The van der Waals surface area contributed by atoms with Crippen LogP contribution in [0.25, 0.3) is 0 Å². The van der Waals surface area contributed by atoms with E-state index in [1.807, 2.05) is 30.3 Å². The minimum absolute atomic E-state index is 0.201. The number of nitrogens with zero attached hydrogens (tertiary/aromatic N) is 3. The summed E-state index contributed by atoms with van der Waals surface area (Å²) in [6, 6.07) is 15.7. The van der Waals surface area contributed by atoms with Crippen LogP contribution in [0.1, 0.15) is 11.1 Å². The molecule has 0 aliphatic carbocycles. The van der Waals surface area contributed by atoms with Gasteiger partial charge < -0.3 is 10.0 Å². The third kappa shape index (κ3) is 4.03. The molecule has 1 N–H and O–H groups in total. The van der Waals surface area contributed by atoms with Crippen LogP contribution >= 0.6 is 0 Å². The number of aliphatic hydroxyl groups excluding tert-OH is 1. The van der Waals surface area contributed by atoms with Crippen LogP contribution in [0.5, 0.6) is 0 Å². The molecule has 1 atom stereocenters. The highest BCUT2D eigenvalue weighted by Crippen LogP contribution is 2.16. The highest BCUT2D eigenvalue weighted by atomic mass is 19.1. The second-order valence-electron chi connectivity index (χ2n) is 6.05. The smallest absolute Gasteiger partial charge is 0.260 e. The number of aliphatic imine (C=N–C) groups is 1. The topological polar surface area (TPSA) is 56.1 Å². The number of rotatable bonds is 4. The molecule has 130 valence electrons. The number of aliphatic hydroxyl groups is 1. The number of amides is 1. The third-order valence-electron chi connectivity index (χ3n) is 4.08. The molecule has 1 aliphatic rings. The molecule has 1 aliphatic heterocycles. The van der Waals surface area contributed by atoms with Gasteiger partial charge in [0, 0.05) is 7.05 Å². The van der Waals surface area contributed by atoms with E-state index in [1.54, 1.807) is 24.1 Å². The summed E-state index contributed by atoms with van der Waals surface area (Å²) in [4.78, 5) is 20.2. The van der Waals surface area contributed by atoms with Crippen LogP contribution in [-0.4, -0.2) is 46.5 Å². The fourth-order valence-electron chi connectivity index (χ4n) is 2.78. The summed E-state index contributed by atoms with van der Waals surface area (Å²) in [5.74, 6) is -0.221. The molecular formula is C19H20FN3O2. The predicted octanol–water partition coefficient (Wildman–Crippen LogP) is 2.02. The lowest BCUT2D eigenvalue weighted by atomic mass is 10.1. The number of carbonyl (C=O) groups is 1. The van der Waals surface area contributed by atoms with Crippen LogP contribution in [0, 0.1) is 5.82 Å². The minimum atomic E-state index is -1.10. The summed E-state index contributed by atoms with van der Waals surface area (Å²) < 4.78 is 13.1. The zero-order valence-electron chi connectivity index (χ0n) is 14.0. The minimum Gasteiger partial charge on any atom is -0.381 e. The summed E-state index contributed by atoms with van der Waals surface area (Å²) in [5.41, 5.74) is 1.80. The van der Waals surface area contributed by atoms with Gasteiger partial charge in [0.25, 0.3) is 5.91 Å². The maximum absolute atomic E-state index is 13.1. The number of guanidine groups is 1. The van der Waals surface area contributed by atoms with Gasteiger partial charge in [0.1, 0.15) is 5.82 Å². The molecule has 2 aromatic carbocycles. The summed E-state index contributed by atoms with van der Waals surface area (Å²) in [5, 5.41) is 10.00. The predicted molar refractivity (Wildman–Crippen MR) is 93.2 cm³/mol. The van der Waals surface area contributed by atoms with Crippen LogP contribution in [-0.2, 0) is 17.9 Å². The Morgan fingerprint density at radius 2 is 1.80 bits per heavy atom. The zero-order valence-corrected chi connectivity index (χ0v) is 14.0. The van der Waals surface area contributed by atoms with E-state index in [4.69, 9.17) is 0 Å². The second-order valence-corrected chi connectivity index (χ2v) is 6.05. The Bertz CT molecular complexity index is 762. The molecule has 0 bridgehead atoms. The SMILES string of the molecule is CN1CC(O)C(=O)N(Cc2ccc(F)cc2)/C1=N\Cc1ccccc1. The van der Waals surface area contributed by atoms with Crippen molar-refractivity contribution in [2.24, 2.45) is 4.99 Å². The molecule has 1 amide bonds. The molecule has 25 heavy (non-hydrogen) atoms. The van der Waals surface area contributed by atoms with Gasteiger partial charge in [0.05, 0.1) is 19.6 Å². The van der Waals surface area contributed by atoms with Gasteiger partial charge in [-0.25, -0.2) is 9.38 Å². The van der Waals surface area contributed by atoms with Crippen LogP contribution in [0.3, 0.4) is 0 Å². The number of hydrogen-bond acceptors (Lipinski definition) is 3. The summed E-state index contributed by atoms with van der Waals surface area (Å²) in [6.45, 7) is 0.865. The maximum atomic E-state index is 13.1. The van der Waals surface area contributed by atoms with E-state index in [2.05, 4.69) is 4.99 Å². The Morgan fingerprint density at radius 1 is 1.12 bits per heavy atom. The number of β-amino-alcohol motifs (C(OH)–C–C–N with tert-alkyl or cyclic N) is 1. The van der Waals surface area contributed by atoms with Gasteiger partial charge in [-0.2, -0.15) is 0 Å². The van der Waals surface area contributed by atoms with Crippen LogP contribution in [0.2, 0.25) is 0 Å². The van der Waals surface area contributed by atoms with Crippen molar-refractivity contribution in [2.75, 3.05) is 13.6 Å². The monoisotopic (exact) mass is 341 g/mol. The van der Waals surface area contributed by atoms with Gasteiger partial charge in [-0.15, -0.1) is 0 Å². The van der Waals surface area contributed by atoms with Crippen molar-refractivity contribution >= 4 is 11.9 Å². The first kappa shape index (κ1) is 17.1. The average molecular weight is 341 g/mol. The standard InChI is InChI=1S/C19H20FN3O2/c1-22-13-17(24)18(25)23(12-15-7-9-16(20)10-8-15)19(22)21-11-14-5-3-2-4-6-14/h2-10,17,24H,11-13H2,1H3/b21-19-. The molecule has 1 fully saturated rings. The van der Waals surface area contributed by atoms with E-state index >= 15 is 0 Å². The van der Waals surface area contributed by atoms with E-state index in [0.717, 1.165) is 11.1 Å². The Morgan fingerprint density at radius 3 is 2.48 bits per heavy atom. The van der Waals surface area contributed by atoms with Gasteiger partial charge in [-0.05, 0) is 23.3 Å². The van der Waals surface area contributed by atoms with E-state index in [0.29, 0.717) is 12.5 Å². The molecular weight excluding hydrogens is 321 g/mol. The Balaban J connectivity index is 1.85. The largest absolute Gasteiger partial charge is 0.381 e. The van der Waals surface area contributed by atoms with Crippen LogP contribution in [0.4, 0.5) is 4.39 Å². The van der Waals surface area contributed by atoms with Gasteiger partial charge in [0.15, 0.2) is 6.10 Å². The van der Waals surface area contributed by atoms with Crippen molar-refractivity contribution in [3.63, 3.8) is 0 Å². The van der Waals surface area contributed by atoms with Crippen molar-refractivity contribution in [3.8, 4) is 0 Å². The molecule has 0 saturated carbocycles. The summed E-state index contributed by atoms with van der Waals surface area (Å²) >= 11 is 0. The Labute approximate surface area is 146 Å². The molecule has 0 aromatic heterocycles. The normalized spacial score (nSPS) is 19.6. The van der Waals surface area contributed by atoms with Gasteiger partial charge in [-0.3, -0.25) is 9.69 Å². The second kappa shape index (κ2) is 7.44. The van der Waals surface area contributed by atoms with Crippen molar-refractivity contribution in [3.05, 3.63) is 71.5 Å². The number of likely N-dealkylation sites (N-methyl/N-ethyl adjacent to an activating group) is 1. The van der Waals surface area contributed by atoms with Gasteiger partial charge in [0.2, 0.25) is 5.96 Å². The van der Waals surface area contributed by atoms with E-state index in [1.165, 1.54) is 17.0 Å². The maximum Gasteiger partial charge on any atom is 0.260 e. The molecule has 5 nitrogen and oxygen atoms in total. The van der Waals surface area contributed by atoms with E-state index in [9.17, 15) is 14.3 Å². The van der Waals surface area contributed by atoms with Gasteiger partial charge in [-0.1, -0.05) is 42.5 Å². The lowest BCUT2D eigenvalue weighted by Crippen LogP contribution is -2.58. The van der Waals surface area contributed by atoms with Crippen LogP contribution in [0.15, 0.2) is 59.6 Å². The first-order valence-electron chi connectivity index (χ1n) is 8.08. The first-order chi connectivity index (χ1) is 12.0. The molecule has 6 heteroatoms. The summed E-state index contributed by atoms with van der Waals surface area (Å²) in [6.07, 6.45) is -1.10. The number of carbonyl (C=O) groups excluding carboxylic acids is 1. The highest BCUT2D eigenvalue weighted by Gasteiger charge is 2.34. The third-order valence-corrected chi connectivity index (χ3v) is 4.08. The van der Waals surface area contributed by atoms with Crippen molar-refractivity contribution in [1.29, 1.82) is 0 Å². The van der Waals surface area contributed by atoms with E-state index < -0.39 is 12.0 Å². The Hall–Kier alpha value is -2.73. The molecule has 3 rings (SSSR count). The highest BCUT2D eigenvalue weighted by molar-refractivity contribution is 6.01. The lowest BCUT2D eigenvalue weighted by molar-refractivity contribution is -0.140. The first-order valence-corrected chi connectivity index (χ1v) is 8.08. The Kier molecular flexibility index (Phi) is 5.09. The molecule has 1 unspecified atom stereocenters. The van der Waals surface area contributed by atoms with Crippen molar-refractivity contribution < 1.29 is 14.3 Å². The quantitative estimate of drug-likeness (QED) is 0.926. The molecule has 0 radical (unpaired) electrons. The lowest BCUT2D eigenvalue weighted by Gasteiger charge is -2.38. The number of hydrogen-bond donors (Lipinski definition) is 1. The zero-order chi connectivity index (χ0) is 17.8. The fraction of sp³-hybridized carbons (Fsp3) is 0.263. The molecule has 2 aromatic rings. The van der Waals surface area contributed by atoms with Gasteiger partial charge >= 0.3 is 0 Å². The molecule has 1 heterocycles. The van der Waals surface area contributed by atoms with Crippen LogP contribution < -0.4 is 0 Å². The fourth-order valence-corrected chi connectivity index (χ4v) is 2.78. The number of halogens is 1. The number of benzene rings is 2. The van der Waals surface area contributed by atoms with Crippen molar-refractivity contribution in [1.82, 2.24) is 9.80 Å². The molecule has 1 saturated heterocycles.